The van der Waals surface area contributed by atoms with Gasteiger partial charge in [-0.3, -0.25) is 14.5 Å². The third-order valence-corrected chi connectivity index (χ3v) is 7.22. The Morgan fingerprint density at radius 1 is 1.10 bits per heavy atom. The fourth-order valence-corrected chi connectivity index (χ4v) is 4.76. The van der Waals surface area contributed by atoms with Gasteiger partial charge in [0, 0.05) is 44.2 Å². The number of fused-ring (bicyclic) bond motifs is 2. The molecule has 0 aliphatic carbocycles. The van der Waals surface area contributed by atoms with E-state index in [0.29, 0.717) is 49.4 Å². The number of rotatable bonds is 8. The van der Waals surface area contributed by atoms with Crippen LogP contribution >= 0.6 is 11.6 Å². The van der Waals surface area contributed by atoms with Gasteiger partial charge in [-0.2, -0.15) is 0 Å². The molecule has 0 saturated carbocycles. The molecule has 1 saturated heterocycles. The zero-order chi connectivity index (χ0) is 27.5. The lowest BCUT2D eigenvalue weighted by molar-refractivity contribution is -0.139. The predicted octanol–water partition coefficient (Wildman–Crippen LogP) is 1.68. The Hall–Kier alpha value is -3.80. The van der Waals surface area contributed by atoms with Gasteiger partial charge in [-0.15, -0.1) is 0 Å². The van der Waals surface area contributed by atoms with Crippen LogP contribution in [0, 0.1) is 6.92 Å². The number of piperazine rings is 1. The van der Waals surface area contributed by atoms with Gasteiger partial charge in [0.05, 0.1) is 6.61 Å². The Labute approximate surface area is 228 Å². The van der Waals surface area contributed by atoms with E-state index in [1.807, 2.05) is 18.2 Å². The van der Waals surface area contributed by atoms with Crippen LogP contribution in [0.25, 0.3) is 11.0 Å². The Morgan fingerprint density at radius 3 is 2.64 bits per heavy atom. The number of aryl methyl sites for hydroxylation is 1. The molecule has 0 radical (unpaired) electrons. The van der Waals surface area contributed by atoms with E-state index in [-0.39, 0.29) is 23.3 Å². The molecule has 2 aliphatic heterocycles. The van der Waals surface area contributed by atoms with E-state index in [9.17, 15) is 19.5 Å². The molecule has 2 aliphatic rings. The van der Waals surface area contributed by atoms with Gasteiger partial charge in [0.25, 0.3) is 5.91 Å². The van der Waals surface area contributed by atoms with Crippen LogP contribution in [0.1, 0.15) is 11.1 Å². The number of ether oxygens (including phenoxy) is 3. The molecular weight excluding hydrogens is 530 g/mol. The average molecular weight is 558 g/mol. The molecule has 12 heteroatoms. The van der Waals surface area contributed by atoms with Crippen molar-refractivity contribution in [3.05, 3.63) is 63.0 Å². The molecule has 2 amide bonds. The summed E-state index contributed by atoms with van der Waals surface area (Å²) in [6.07, 6.45) is 0. The van der Waals surface area contributed by atoms with Crippen LogP contribution in [0.5, 0.6) is 17.2 Å². The fourth-order valence-electron chi connectivity index (χ4n) is 4.62. The highest BCUT2D eigenvalue weighted by Gasteiger charge is 2.28. The number of aliphatic hydroxyl groups excluding tert-OH is 1. The van der Waals surface area contributed by atoms with Crippen LogP contribution < -0.4 is 25.2 Å². The van der Waals surface area contributed by atoms with Gasteiger partial charge in [-0.25, -0.2) is 4.79 Å². The van der Waals surface area contributed by atoms with E-state index >= 15 is 0 Å². The third-order valence-electron chi connectivity index (χ3n) is 6.78. The van der Waals surface area contributed by atoms with Crippen molar-refractivity contribution in [2.24, 2.45) is 0 Å². The second-order valence-electron chi connectivity index (χ2n) is 9.37. The van der Waals surface area contributed by atoms with E-state index < -0.39 is 30.8 Å². The first-order valence-corrected chi connectivity index (χ1v) is 12.9. The molecule has 0 bridgehead atoms. The zero-order valence-corrected chi connectivity index (χ0v) is 22.0. The summed E-state index contributed by atoms with van der Waals surface area (Å²) < 4.78 is 21.5. The number of nitrogens with one attached hydrogen (secondary N) is 1. The molecule has 1 fully saturated rings. The molecule has 11 nitrogen and oxygen atoms in total. The second kappa shape index (κ2) is 11.5. The lowest BCUT2D eigenvalue weighted by Crippen LogP contribution is -2.56. The number of carbonyl (C=O) groups is 2. The summed E-state index contributed by atoms with van der Waals surface area (Å²) in [7, 11) is 0. The van der Waals surface area contributed by atoms with Crippen LogP contribution in [0.3, 0.4) is 0 Å². The highest BCUT2D eigenvalue weighted by Crippen LogP contribution is 2.33. The molecule has 206 valence electrons. The Morgan fingerprint density at radius 2 is 1.87 bits per heavy atom. The lowest BCUT2D eigenvalue weighted by atomic mass is 10.1. The number of carbonyl (C=O) groups excluding carboxylic acids is 2. The molecule has 1 unspecified atom stereocenters. The standard InChI is InChI=1S/C27H28ClN3O8/c1-16-19-4-3-18(11-22(19)39-27(35)25(16)28)36-14-24(33)29-20(13-32)26(34)31-8-6-30(7-9-31)12-17-2-5-21-23(10-17)38-15-37-21/h2-5,10-11,20,32H,6-9,12-15H2,1H3,(H,29,33). The molecule has 2 aromatic carbocycles. The van der Waals surface area contributed by atoms with Gasteiger partial charge in [-0.1, -0.05) is 17.7 Å². The molecular formula is C27H28ClN3O8. The van der Waals surface area contributed by atoms with Crippen molar-refractivity contribution in [2.45, 2.75) is 19.5 Å². The first-order valence-electron chi connectivity index (χ1n) is 12.5. The van der Waals surface area contributed by atoms with Crippen LogP contribution in [-0.4, -0.2) is 78.9 Å². The van der Waals surface area contributed by atoms with Gasteiger partial charge in [0.15, 0.2) is 18.1 Å². The Kier molecular flexibility index (Phi) is 7.92. The topological polar surface area (TPSA) is 131 Å². The predicted molar refractivity (Wildman–Crippen MR) is 141 cm³/mol. The second-order valence-corrected chi connectivity index (χ2v) is 9.74. The van der Waals surface area contributed by atoms with E-state index in [0.717, 1.165) is 17.1 Å². The van der Waals surface area contributed by atoms with E-state index in [1.54, 1.807) is 24.0 Å². The number of halogens is 1. The molecule has 1 aromatic heterocycles. The minimum absolute atomic E-state index is 0.0152. The number of hydrogen-bond acceptors (Lipinski definition) is 9. The minimum Gasteiger partial charge on any atom is -0.484 e. The molecule has 39 heavy (non-hydrogen) atoms. The number of benzene rings is 2. The first kappa shape index (κ1) is 26.8. The highest BCUT2D eigenvalue weighted by atomic mass is 35.5. The van der Waals surface area contributed by atoms with Gasteiger partial charge < -0.3 is 34.0 Å². The van der Waals surface area contributed by atoms with E-state index in [1.165, 1.54) is 6.07 Å². The van der Waals surface area contributed by atoms with Crippen LogP contribution in [-0.2, 0) is 16.1 Å². The summed E-state index contributed by atoms with van der Waals surface area (Å²) in [5.74, 6) is 0.848. The van der Waals surface area contributed by atoms with Gasteiger partial charge in [0.2, 0.25) is 12.7 Å². The molecule has 2 N–H and O–H groups in total. The van der Waals surface area contributed by atoms with Crippen molar-refractivity contribution >= 4 is 34.4 Å². The monoisotopic (exact) mass is 557 g/mol. The number of nitrogens with zero attached hydrogens (tertiary/aromatic N) is 2. The van der Waals surface area contributed by atoms with Crippen molar-refractivity contribution < 1.29 is 33.3 Å². The van der Waals surface area contributed by atoms with Gasteiger partial charge in [-0.05, 0) is 42.3 Å². The molecule has 1 atom stereocenters. The molecule has 3 heterocycles. The van der Waals surface area contributed by atoms with Gasteiger partial charge in [0.1, 0.15) is 22.4 Å². The van der Waals surface area contributed by atoms with E-state index in [2.05, 4.69) is 10.2 Å². The largest absolute Gasteiger partial charge is 0.484 e. The zero-order valence-electron chi connectivity index (χ0n) is 21.3. The maximum Gasteiger partial charge on any atom is 0.355 e. The maximum atomic E-state index is 13.0. The lowest BCUT2D eigenvalue weighted by Gasteiger charge is -2.36. The van der Waals surface area contributed by atoms with Crippen LogP contribution in [0.4, 0.5) is 0 Å². The van der Waals surface area contributed by atoms with Crippen LogP contribution in [0.15, 0.2) is 45.6 Å². The first-order chi connectivity index (χ1) is 18.8. The summed E-state index contributed by atoms with van der Waals surface area (Å²) in [6.45, 7) is 3.96. The van der Waals surface area contributed by atoms with Crippen molar-refractivity contribution in [3.63, 3.8) is 0 Å². The summed E-state index contributed by atoms with van der Waals surface area (Å²) >= 11 is 5.95. The SMILES string of the molecule is Cc1c(Cl)c(=O)oc2cc(OCC(=O)NC(CO)C(=O)N3CCN(Cc4ccc5c(c4)OCO5)CC3)ccc12. The molecule has 5 rings (SSSR count). The number of amides is 2. The smallest absolute Gasteiger partial charge is 0.355 e. The summed E-state index contributed by atoms with van der Waals surface area (Å²) in [4.78, 5) is 41.2. The van der Waals surface area contributed by atoms with Crippen LogP contribution in [0.2, 0.25) is 5.02 Å². The fraction of sp³-hybridized carbons (Fsp3) is 0.370. The van der Waals surface area contributed by atoms with Crippen molar-refractivity contribution in [3.8, 4) is 17.2 Å². The highest BCUT2D eigenvalue weighted by molar-refractivity contribution is 6.31. The third kappa shape index (κ3) is 5.95. The normalized spacial score (nSPS) is 15.8. The molecule has 0 spiro atoms. The molecule has 3 aromatic rings. The van der Waals surface area contributed by atoms with E-state index in [4.69, 9.17) is 30.2 Å². The average Bonchev–Trinajstić information content (AvgIpc) is 3.41. The summed E-state index contributed by atoms with van der Waals surface area (Å²) in [6, 6.07) is 9.56. The Balaban J connectivity index is 1.11. The van der Waals surface area contributed by atoms with Crippen molar-refractivity contribution in [1.82, 2.24) is 15.1 Å². The summed E-state index contributed by atoms with van der Waals surface area (Å²) in [5, 5.41) is 13.0. The maximum absolute atomic E-state index is 13.0. The van der Waals surface area contributed by atoms with Crippen molar-refractivity contribution in [2.75, 3.05) is 46.2 Å². The van der Waals surface area contributed by atoms with Crippen molar-refractivity contribution in [1.29, 1.82) is 0 Å². The number of hydrogen-bond donors (Lipinski definition) is 2. The van der Waals surface area contributed by atoms with Gasteiger partial charge >= 0.3 is 5.63 Å². The Bertz CT molecular complexity index is 1450. The quantitative estimate of drug-likeness (QED) is 0.397. The summed E-state index contributed by atoms with van der Waals surface area (Å²) in [5.41, 5.74) is 1.30. The number of aliphatic hydroxyl groups is 1. The minimum atomic E-state index is -1.08.